The van der Waals surface area contributed by atoms with Gasteiger partial charge in [0.15, 0.2) is 0 Å². The molecule has 2 rings (SSSR count). The molecule has 2 heterocycles. The van der Waals surface area contributed by atoms with Crippen molar-refractivity contribution in [2.75, 3.05) is 17.3 Å². The van der Waals surface area contributed by atoms with E-state index in [2.05, 4.69) is 35.8 Å². The second kappa shape index (κ2) is 6.73. The predicted octanol–water partition coefficient (Wildman–Crippen LogP) is -0.689. The number of aromatic nitrogens is 6. The van der Waals surface area contributed by atoms with Crippen molar-refractivity contribution in [3.63, 3.8) is 0 Å². The van der Waals surface area contributed by atoms with E-state index in [4.69, 9.17) is 10.9 Å². The highest BCUT2D eigenvalue weighted by molar-refractivity contribution is 5.37. The summed E-state index contributed by atoms with van der Waals surface area (Å²) in [7, 11) is 0. The molecule has 0 radical (unpaired) electrons. The second-order valence-corrected chi connectivity index (χ2v) is 4.03. The number of anilines is 2. The third-order valence-corrected chi connectivity index (χ3v) is 2.68. The molecule has 0 bridgehead atoms. The van der Waals surface area contributed by atoms with Gasteiger partial charge in [0, 0.05) is 12.6 Å². The first-order valence-electron chi connectivity index (χ1n) is 6.22. The topological polar surface area (TPSA) is 140 Å². The van der Waals surface area contributed by atoms with Gasteiger partial charge in [0.05, 0.1) is 0 Å². The number of hydrazine groups is 1. The van der Waals surface area contributed by atoms with Crippen LogP contribution in [0.2, 0.25) is 0 Å². The lowest BCUT2D eigenvalue weighted by atomic mass is 10.2. The molecule has 0 aromatic carbocycles. The van der Waals surface area contributed by atoms with E-state index in [1.807, 2.05) is 6.92 Å². The van der Waals surface area contributed by atoms with Crippen LogP contribution in [0.3, 0.4) is 0 Å². The highest BCUT2D eigenvalue weighted by atomic mass is 16.3. The molecule has 20 heavy (non-hydrogen) atoms. The Morgan fingerprint density at radius 2 is 2.15 bits per heavy atom. The van der Waals surface area contributed by atoms with Gasteiger partial charge in [-0.15, -0.1) is 0 Å². The van der Waals surface area contributed by atoms with E-state index in [-0.39, 0.29) is 18.6 Å². The molecular weight excluding hydrogens is 262 g/mol. The Labute approximate surface area is 115 Å². The van der Waals surface area contributed by atoms with Gasteiger partial charge in [0.1, 0.15) is 12.7 Å². The molecule has 2 aromatic heterocycles. The van der Waals surface area contributed by atoms with Crippen LogP contribution in [0.5, 0.6) is 0 Å². The monoisotopic (exact) mass is 279 g/mol. The van der Waals surface area contributed by atoms with E-state index in [1.165, 1.54) is 17.3 Å². The number of hydrogen-bond acceptors (Lipinski definition) is 9. The zero-order valence-corrected chi connectivity index (χ0v) is 11.1. The van der Waals surface area contributed by atoms with Crippen molar-refractivity contribution < 1.29 is 5.11 Å². The van der Waals surface area contributed by atoms with E-state index in [0.29, 0.717) is 18.3 Å². The number of nitrogen functional groups attached to an aromatic ring is 1. The molecule has 10 nitrogen and oxygen atoms in total. The lowest BCUT2D eigenvalue weighted by Crippen LogP contribution is -2.23. The van der Waals surface area contributed by atoms with Gasteiger partial charge in [-0.3, -0.25) is 5.43 Å². The van der Waals surface area contributed by atoms with Crippen molar-refractivity contribution in [3.05, 3.63) is 12.7 Å². The van der Waals surface area contributed by atoms with E-state index < -0.39 is 0 Å². The molecule has 0 amide bonds. The standard InChI is InChI=1S/C10H17N9O/c1-2-7(3-4-20)14-8-15-9(18-11)17-10(16-8)19-6-12-5-13-19/h5-7,20H,2-4,11H2,1H3,(H2,14,15,16,17,18). The zero-order valence-electron chi connectivity index (χ0n) is 11.1. The highest BCUT2D eigenvalue weighted by Crippen LogP contribution is 2.10. The smallest absolute Gasteiger partial charge is 0.258 e. The highest BCUT2D eigenvalue weighted by Gasteiger charge is 2.11. The summed E-state index contributed by atoms with van der Waals surface area (Å²) in [5.74, 6) is 6.22. The Kier molecular flexibility index (Phi) is 4.74. The number of nitrogens with two attached hydrogens (primary N) is 1. The molecular formula is C10H17N9O. The third kappa shape index (κ3) is 3.36. The number of rotatable bonds is 7. The van der Waals surface area contributed by atoms with Crippen LogP contribution in [-0.4, -0.2) is 47.5 Å². The first-order valence-corrected chi connectivity index (χ1v) is 6.22. The van der Waals surface area contributed by atoms with Gasteiger partial charge in [-0.1, -0.05) is 6.92 Å². The fraction of sp³-hybridized carbons (Fsp3) is 0.500. The van der Waals surface area contributed by atoms with Crippen molar-refractivity contribution in [1.29, 1.82) is 0 Å². The summed E-state index contributed by atoms with van der Waals surface area (Å²) in [6, 6.07) is 0.0663. The molecule has 5 N–H and O–H groups in total. The summed E-state index contributed by atoms with van der Waals surface area (Å²) in [5, 5.41) is 16.1. The minimum atomic E-state index is 0.0663. The molecule has 1 atom stereocenters. The molecule has 1 unspecified atom stereocenters. The normalized spacial score (nSPS) is 12.2. The van der Waals surface area contributed by atoms with E-state index in [9.17, 15) is 0 Å². The number of nitrogens with zero attached hydrogens (tertiary/aromatic N) is 6. The van der Waals surface area contributed by atoms with Gasteiger partial charge in [0.25, 0.3) is 5.95 Å². The number of aliphatic hydroxyl groups excluding tert-OH is 1. The molecule has 0 saturated heterocycles. The summed E-state index contributed by atoms with van der Waals surface area (Å²) in [5.41, 5.74) is 2.38. The van der Waals surface area contributed by atoms with Gasteiger partial charge in [-0.2, -0.15) is 24.7 Å². The van der Waals surface area contributed by atoms with Crippen molar-refractivity contribution in [2.24, 2.45) is 5.84 Å². The third-order valence-electron chi connectivity index (χ3n) is 2.68. The summed E-state index contributed by atoms with van der Waals surface area (Å²) < 4.78 is 1.40. The van der Waals surface area contributed by atoms with Gasteiger partial charge in [-0.05, 0) is 12.8 Å². The Morgan fingerprint density at radius 3 is 2.75 bits per heavy atom. The van der Waals surface area contributed by atoms with Crippen LogP contribution >= 0.6 is 0 Å². The van der Waals surface area contributed by atoms with Crippen molar-refractivity contribution in [2.45, 2.75) is 25.8 Å². The minimum absolute atomic E-state index is 0.0663. The number of nitrogens with one attached hydrogen (secondary N) is 2. The van der Waals surface area contributed by atoms with Crippen molar-refractivity contribution >= 4 is 11.9 Å². The van der Waals surface area contributed by atoms with Crippen LogP contribution in [0.4, 0.5) is 11.9 Å². The van der Waals surface area contributed by atoms with E-state index >= 15 is 0 Å². The van der Waals surface area contributed by atoms with Crippen LogP contribution < -0.4 is 16.6 Å². The van der Waals surface area contributed by atoms with Gasteiger partial charge >= 0.3 is 0 Å². The van der Waals surface area contributed by atoms with Gasteiger partial charge in [-0.25, -0.2) is 10.8 Å². The van der Waals surface area contributed by atoms with Crippen LogP contribution in [0.25, 0.3) is 5.95 Å². The zero-order chi connectivity index (χ0) is 14.4. The summed E-state index contributed by atoms with van der Waals surface area (Å²) in [6.45, 7) is 2.10. The molecule has 0 saturated carbocycles. The molecule has 0 spiro atoms. The maximum Gasteiger partial charge on any atom is 0.258 e. The predicted molar refractivity (Wildman–Crippen MR) is 72.0 cm³/mol. The molecule has 0 fully saturated rings. The molecule has 2 aromatic rings. The van der Waals surface area contributed by atoms with Crippen LogP contribution in [0, 0.1) is 0 Å². The minimum Gasteiger partial charge on any atom is -0.396 e. The number of aliphatic hydroxyl groups is 1. The fourth-order valence-corrected chi connectivity index (χ4v) is 1.62. The molecule has 0 aliphatic rings. The number of hydrogen-bond donors (Lipinski definition) is 4. The van der Waals surface area contributed by atoms with Crippen LogP contribution in [0.15, 0.2) is 12.7 Å². The Hall–Kier alpha value is -2.33. The Balaban J connectivity index is 2.26. The second-order valence-electron chi connectivity index (χ2n) is 4.03. The van der Waals surface area contributed by atoms with E-state index in [1.54, 1.807) is 0 Å². The largest absolute Gasteiger partial charge is 0.396 e. The Bertz CT molecular complexity index is 530. The van der Waals surface area contributed by atoms with Gasteiger partial charge < -0.3 is 10.4 Å². The molecule has 10 heteroatoms. The summed E-state index contributed by atoms with van der Waals surface area (Å²) in [6.07, 6.45) is 4.29. The Morgan fingerprint density at radius 1 is 1.35 bits per heavy atom. The average Bonchev–Trinajstić information content (AvgIpc) is 3.00. The lowest BCUT2D eigenvalue weighted by molar-refractivity contribution is 0.278. The maximum absolute atomic E-state index is 9.00. The van der Waals surface area contributed by atoms with Crippen LogP contribution in [0.1, 0.15) is 19.8 Å². The van der Waals surface area contributed by atoms with E-state index in [0.717, 1.165) is 6.42 Å². The molecule has 0 aliphatic carbocycles. The van der Waals surface area contributed by atoms with Crippen LogP contribution in [-0.2, 0) is 0 Å². The van der Waals surface area contributed by atoms with Crippen molar-refractivity contribution in [3.8, 4) is 5.95 Å². The molecule has 0 aliphatic heterocycles. The fourth-order valence-electron chi connectivity index (χ4n) is 1.62. The van der Waals surface area contributed by atoms with Crippen molar-refractivity contribution in [1.82, 2.24) is 29.7 Å². The SMILES string of the molecule is CCC(CCO)Nc1nc(NN)nc(-n2cncn2)n1. The quantitative estimate of drug-likeness (QED) is 0.383. The summed E-state index contributed by atoms with van der Waals surface area (Å²) >= 11 is 0. The van der Waals surface area contributed by atoms with Gasteiger partial charge in [0.2, 0.25) is 11.9 Å². The maximum atomic E-state index is 9.00. The molecule has 108 valence electrons. The lowest BCUT2D eigenvalue weighted by Gasteiger charge is -2.16. The first-order chi connectivity index (χ1) is 9.76. The first kappa shape index (κ1) is 14.1. The summed E-state index contributed by atoms with van der Waals surface area (Å²) in [4.78, 5) is 16.3. The average molecular weight is 279 g/mol.